The van der Waals surface area contributed by atoms with Gasteiger partial charge in [0.2, 0.25) is 5.89 Å². The highest BCUT2D eigenvalue weighted by molar-refractivity contribution is 4.97. The first-order valence-corrected chi connectivity index (χ1v) is 7.10. The van der Waals surface area contributed by atoms with Gasteiger partial charge in [-0.2, -0.15) is 4.98 Å². The predicted octanol–water partition coefficient (Wildman–Crippen LogP) is 1.31. The summed E-state index contributed by atoms with van der Waals surface area (Å²) >= 11 is 0. The van der Waals surface area contributed by atoms with E-state index in [0.717, 1.165) is 45.7 Å². The van der Waals surface area contributed by atoms with Gasteiger partial charge in [-0.25, -0.2) is 0 Å². The molecule has 108 valence electrons. The molecule has 2 N–H and O–H groups in total. The molecule has 0 spiro atoms. The van der Waals surface area contributed by atoms with Gasteiger partial charge in [-0.1, -0.05) is 25.4 Å². The first kappa shape index (κ1) is 14.4. The van der Waals surface area contributed by atoms with Gasteiger partial charge in [-0.15, -0.1) is 0 Å². The van der Waals surface area contributed by atoms with Gasteiger partial charge in [0.15, 0.2) is 5.82 Å². The fourth-order valence-electron chi connectivity index (χ4n) is 2.30. The molecular formula is C13H24N4O2. The highest BCUT2D eigenvalue weighted by Gasteiger charge is 2.21. The highest BCUT2D eigenvalue weighted by Crippen LogP contribution is 2.20. The van der Waals surface area contributed by atoms with Gasteiger partial charge in [0.25, 0.3) is 0 Å². The second-order valence-corrected chi connectivity index (χ2v) is 5.20. The van der Waals surface area contributed by atoms with E-state index >= 15 is 0 Å². The molecule has 2 heterocycles. The molecule has 2 atom stereocenters. The molecule has 1 aromatic rings. The van der Waals surface area contributed by atoms with Crippen molar-refractivity contribution in [3.05, 3.63) is 11.7 Å². The minimum atomic E-state index is -0.190. The van der Waals surface area contributed by atoms with Gasteiger partial charge >= 0.3 is 0 Å². The second-order valence-electron chi connectivity index (χ2n) is 5.20. The number of rotatable bonds is 6. The first-order valence-electron chi connectivity index (χ1n) is 7.10. The van der Waals surface area contributed by atoms with Crippen LogP contribution in [0.3, 0.4) is 0 Å². The maximum Gasteiger partial charge on any atom is 0.229 e. The van der Waals surface area contributed by atoms with E-state index in [1.54, 1.807) is 0 Å². The molecule has 19 heavy (non-hydrogen) atoms. The molecule has 1 aliphatic heterocycles. The molecule has 0 bridgehead atoms. The van der Waals surface area contributed by atoms with Crippen molar-refractivity contribution < 1.29 is 9.26 Å². The zero-order valence-electron chi connectivity index (χ0n) is 11.8. The van der Waals surface area contributed by atoms with Crippen LogP contribution in [0.15, 0.2) is 4.52 Å². The van der Waals surface area contributed by atoms with Crippen molar-refractivity contribution in [3.8, 4) is 0 Å². The van der Waals surface area contributed by atoms with Crippen molar-refractivity contribution in [2.24, 2.45) is 5.73 Å². The third-order valence-electron chi connectivity index (χ3n) is 3.49. The number of hydrogen-bond acceptors (Lipinski definition) is 6. The van der Waals surface area contributed by atoms with Crippen molar-refractivity contribution in [3.63, 3.8) is 0 Å². The standard InChI is InChI=1S/C13H24N4O2/c1-3-4-10(2)13-15-12(16-19-13)11(14)9-17-5-7-18-8-6-17/h10-11H,3-9,14H2,1-2H3. The van der Waals surface area contributed by atoms with E-state index in [0.29, 0.717) is 17.6 Å². The maximum atomic E-state index is 6.15. The van der Waals surface area contributed by atoms with Gasteiger partial charge in [0, 0.05) is 25.6 Å². The molecule has 0 amide bonds. The largest absolute Gasteiger partial charge is 0.379 e. The maximum absolute atomic E-state index is 6.15. The van der Waals surface area contributed by atoms with E-state index in [9.17, 15) is 0 Å². The Morgan fingerprint density at radius 3 is 2.79 bits per heavy atom. The highest BCUT2D eigenvalue weighted by atomic mass is 16.5. The normalized spacial score (nSPS) is 20.4. The Kier molecular flexibility index (Phi) is 5.30. The molecule has 1 aliphatic rings. The van der Waals surface area contributed by atoms with Crippen LogP contribution in [0.5, 0.6) is 0 Å². The SMILES string of the molecule is CCCC(C)c1nc(C(N)CN2CCOCC2)no1. The monoisotopic (exact) mass is 268 g/mol. The third-order valence-corrected chi connectivity index (χ3v) is 3.49. The summed E-state index contributed by atoms with van der Waals surface area (Å²) in [4.78, 5) is 6.71. The van der Waals surface area contributed by atoms with E-state index in [-0.39, 0.29) is 6.04 Å². The van der Waals surface area contributed by atoms with Crippen LogP contribution in [0.25, 0.3) is 0 Å². The Morgan fingerprint density at radius 2 is 2.11 bits per heavy atom. The lowest BCUT2D eigenvalue weighted by atomic mass is 10.1. The van der Waals surface area contributed by atoms with Crippen LogP contribution in [0.4, 0.5) is 0 Å². The summed E-state index contributed by atoms with van der Waals surface area (Å²) in [5, 5.41) is 4.02. The molecule has 1 fully saturated rings. The Hall–Kier alpha value is -0.980. The van der Waals surface area contributed by atoms with Crippen molar-refractivity contribution in [1.82, 2.24) is 15.0 Å². The molecule has 0 radical (unpaired) electrons. The Morgan fingerprint density at radius 1 is 1.37 bits per heavy atom. The Labute approximate surface area is 114 Å². The van der Waals surface area contributed by atoms with Gasteiger partial charge in [-0.3, -0.25) is 4.90 Å². The average molecular weight is 268 g/mol. The number of ether oxygens (including phenoxy) is 1. The van der Waals surface area contributed by atoms with Crippen LogP contribution < -0.4 is 5.73 Å². The van der Waals surface area contributed by atoms with Crippen LogP contribution in [0.1, 0.15) is 50.4 Å². The third kappa shape index (κ3) is 3.99. The quantitative estimate of drug-likeness (QED) is 0.838. The number of hydrogen-bond donors (Lipinski definition) is 1. The molecule has 2 unspecified atom stereocenters. The molecule has 6 nitrogen and oxygen atoms in total. The predicted molar refractivity (Wildman–Crippen MR) is 71.8 cm³/mol. The van der Waals surface area contributed by atoms with Gasteiger partial charge in [0.1, 0.15) is 0 Å². The summed E-state index contributed by atoms with van der Waals surface area (Å²) in [6.07, 6.45) is 2.17. The number of aromatic nitrogens is 2. The van der Waals surface area contributed by atoms with E-state index < -0.39 is 0 Å². The van der Waals surface area contributed by atoms with Crippen molar-refractivity contribution in [2.75, 3.05) is 32.8 Å². The van der Waals surface area contributed by atoms with Gasteiger partial charge < -0.3 is 15.0 Å². The summed E-state index contributed by atoms with van der Waals surface area (Å²) in [5.41, 5.74) is 6.15. The summed E-state index contributed by atoms with van der Waals surface area (Å²) in [5.74, 6) is 1.63. The molecule has 2 rings (SSSR count). The summed E-state index contributed by atoms with van der Waals surface area (Å²) in [7, 11) is 0. The minimum Gasteiger partial charge on any atom is -0.379 e. The summed E-state index contributed by atoms with van der Waals surface area (Å²) in [6, 6.07) is -0.190. The molecule has 1 aromatic heterocycles. The van der Waals surface area contributed by atoms with E-state index in [1.165, 1.54) is 0 Å². The van der Waals surface area contributed by atoms with Crippen molar-refractivity contribution in [2.45, 2.75) is 38.6 Å². The second kappa shape index (κ2) is 6.98. The lowest BCUT2D eigenvalue weighted by Gasteiger charge is -2.27. The lowest BCUT2D eigenvalue weighted by Crippen LogP contribution is -2.40. The molecule has 0 aliphatic carbocycles. The Balaban J connectivity index is 1.89. The summed E-state index contributed by atoms with van der Waals surface area (Å²) < 4.78 is 10.6. The number of nitrogens with two attached hydrogens (primary N) is 1. The van der Waals surface area contributed by atoms with E-state index in [2.05, 4.69) is 28.9 Å². The van der Waals surface area contributed by atoms with Gasteiger partial charge in [0.05, 0.1) is 19.3 Å². The summed E-state index contributed by atoms with van der Waals surface area (Å²) in [6.45, 7) is 8.40. The van der Waals surface area contributed by atoms with Crippen LogP contribution in [0, 0.1) is 0 Å². The lowest BCUT2D eigenvalue weighted by molar-refractivity contribution is 0.0348. The van der Waals surface area contributed by atoms with Gasteiger partial charge in [-0.05, 0) is 6.42 Å². The number of nitrogens with zero attached hydrogens (tertiary/aromatic N) is 3. The van der Waals surface area contributed by atoms with Crippen molar-refractivity contribution >= 4 is 0 Å². The number of morpholine rings is 1. The molecule has 0 saturated carbocycles. The zero-order chi connectivity index (χ0) is 13.7. The molecule has 1 saturated heterocycles. The molecular weight excluding hydrogens is 244 g/mol. The van der Waals surface area contributed by atoms with Crippen LogP contribution in [-0.2, 0) is 4.74 Å². The fraction of sp³-hybridized carbons (Fsp3) is 0.846. The topological polar surface area (TPSA) is 77.4 Å². The van der Waals surface area contributed by atoms with Crippen LogP contribution in [-0.4, -0.2) is 47.9 Å². The van der Waals surface area contributed by atoms with E-state index in [1.807, 2.05) is 0 Å². The van der Waals surface area contributed by atoms with E-state index in [4.69, 9.17) is 15.0 Å². The first-order chi connectivity index (χ1) is 9.20. The molecule has 0 aromatic carbocycles. The molecule has 6 heteroatoms. The smallest absolute Gasteiger partial charge is 0.229 e. The van der Waals surface area contributed by atoms with Crippen LogP contribution >= 0.6 is 0 Å². The Bertz CT molecular complexity index is 376. The van der Waals surface area contributed by atoms with Crippen molar-refractivity contribution in [1.29, 1.82) is 0 Å². The fourth-order valence-corrected chi connectivity index (χ4v) is 2.30. The average Bonchev–Trinajstić information content (AvgIpc) is 2.90. The van der Waals surface area contributed by atoms with Crippen LogP contribution in [0.2, 0.25) is 0 Å². The zero-order valence-corrected chi connectivity index (χ0v) is 11.8. The minimum absolute atomic E-state index is 0.190.